The largest absolute Gasteiger partial charge is 0.225 e. The van der Waals surface area contributed by atoms with Gasteiger partial charge in [0.15, 0.2) is 5.67 Å². The fourth-order valence-corrected chi connectivity index (χ4v) is 0.834. The molecule has 56 valence electrons. The van der Waals surface area contributed by atoms with Crippen molar-refractivity contribution in [2.75, 3.05) is 0 Å². The second-order valence-electron chi connectivity index (χ2n) is 2.51. The molecular weight excluding hydrogens is 139 g/mol. The first-order valence-electron chi connectivity index (χ1n) is 3.39. The van der Waals surface area contributed by atoms with Crippen LogP contribution in [-0.4, -0.2) is 0 Å². The Balaban J connectivity index is 3.05. The number of benzene rings is 1. The van der Waals surface area contributed by atoms with Crippen LogP contribution in [0.15, 0.2) is 30.3 Å². The SMILES string of the molecule is C#CC(C)(F)c1ccccc1. The maximum absolute atomic E-state index is 13.3. The lowest BCUT2D eigenvalue weighted by atomic mass is 9.99. The van der Waals surface area contributed by atoms with Crippen molar-refractivity contribution in [1.29, 1.82) is 0 Å². The van der Waals surface area contributed by atoms with Gasteiger partial charge in [0, 0.05) is 5.56 Å². The Hall–Kier alpha value is -1.29. The summed E-state index contributed by atoms with van der Waals surface area (Å²) >= 11 is 0. The Kier molecular flexibility index (Phi) is 1.96. The molecule has 0 radical (unpaired) electrons. The standard InChI is InChI=1S/C10H9F/c1-3-10(2,11)9-7-5-4-6-8-9/h1,4-8H,2H3. The van der Waals surface area contributed by atoms with Crippen molar-refractivity contribution >= 4 is 0 Å². The summed E-state index contributed by atoms with van der Waals surface area (Å²) in [4.78, 5) is 0. The smallest absolute Gasteiger partial charge is 0.192 e. The maximum atomic E-state index is 13.3. The normalized spacial score (nSPS) is 15.0. The van der Waals surface area contributed by atoms with Crippen LogP contribution in [0.25, 0.3) is 0 Å². The van der Waals surface area contributed by atoms with Crippen LogP contribution in [-0.2, 0) is 5.67 Å². The Labute approximate surface area is 66.1 Å². The fraction of sp³-hybridized carbons (Fsp3) is 0.200. The number of alkyl halides is 1. The summed E-state index contributed by atoms with van der Waals surface area (Å²) in [5.74, 6) is 2.09. The molecule has 0 saturated heterocycles. The van der Waals surface area contributed by atoms with Crippen LogP contribution in [0.5, 0.6) is 0 Å². The van der Waals surface area contributed by atoms with E-state index in [2.05, 4.69) is 5.92 Å². The lowest BCUT2D eigenvalue weighted by Crippen LogP contribution is -2.10. The van der Waals surface area contributed by atoms with E-state index in [0.29, 0.717) is 5.56 Å². The highest BCUT2D eigenvalue weighted by molar-refractivity contribution is 5.28. The summed E-state index contributed by atoms with van der Waals surface area (Å²) in [6.07, 6.45) is 5.01. The molecule has 0 spiro atoms. The highest BCUT2D eigenvalue weighted by atomic mass is 19.1. The third-order valence-electron chi connectivity index (χ3n) is 1.59. The molecule has 0 heterocycles. The molecule has 1 atom stereocenters. The van der Waals surface area contributed by atoms with Gasteiger partial charge in [0.05, 0.1) is 0 Å². The topological polar surface area (TPSA) is 0 Å². The average Bonchev–Trinajstić information content (AvgIpc) is 2.06. The highest BCUT2D eigenvalue weighted by Gasteiger charge is 2.21. The van der Waals surface area contributed by atoms with Crippen LogP contribution in [0.2, 0.25) is 0 Å². The summed E-state index contributed by atoms with van der Waals surface area (Å²) in [5.41, 5.74) is -1.11. The van der Waals surface area contributed by atoms with Crippen molar-refractivity contribution in [3.63, 3.8) is 0 Å². The van der Waals surface area contributed by atoms with Gasteiger partial charge < -0.3 is 0 Å². The Morgan fingerprint density at radius 1 is 1.36 bits per heavy atom. The third kappa shape index (κ3) is 1.59. The molecule has 1 heteroatoms. The zero-order valence-corrected chi connectivity index (χ0v) is 6.34. The van der Waals surface area contributed by atoms with E-state index in [-0.39, 0.29) is 0 Å². The van der Waals surface area contributed by atoms with Crippen molar-refractivity contribution in [2.24, 2.45) is 0 Å². The van der Waals surface area contributed by atoms with Crippen molar-refractivity contribution in [1.82, 2.24) is 0 Å². The first-order chi connectivity index (χ1) is 5.17. The van der Waals surface area contributed by atoms with Crippen molar-refractivity contribution in [2.45, 2.75) is 12.6 Å². The molecule has 0 nitrogen and oxygen atoms in total. The molecule has 1 aromatic carbocycles. The summed E-state index contributed by atoms with van der Waals surface area (Å²) in [6, 6.07) is 8.73. The summed E-state index contributed by atoms with van der Waals surface area (Å²) in [6.45, 7) is 1.38. The molecule has 0 amide bonds. The number of hydrogen-bond acceptors (Lipinski definition) is 0. The minimum atomic E-state index is -1.64. The molecule has 1 aromatic rings. The fourth-order valence-electron chi connectivity index (χ4n) is 0.834. The first kappa shape index (κ1) is 7.81. The van der Waals surface area contributed by atoms with Crippen LogP contribution >= 0.6 is 0 Å². The molecular formula is C10H9F. The quantitative estimate of drug-likeness (QED) is 0.537. The van der Waals surface area contributed by atoms with Gasteiger partial charge >= 0.3 is 0 Å². The molecule has 0 aromatic heterocycles. The average molecular weight is 148 g/mol. The van der Waals surface area contributed by atoms with E-state index in [4.69, 9.17) is 6.42 Å². The van der Waals surface area contributed by atoms with Gasteiger partial charge in [-0.2, -0.15) is 0 Å². The van der Waals surface area contributed by atoms with Crippen LogP contribution in [0.4, 0.5) is 4.39 Å². The van der Waals surface area contributed by atoms with Crippen LogP contribution < -0.4 is 0 Å². The van der Waals surface area contributed by atoms with E-state index in [0.717, 1.165) is 0 Å². The zero-order valence-electron chi connectivity index (χ0n) is 6.34. The van der Waals surface area contributed by atoms with Crippen LogP contribution in [0.1, 0.15) is 12.5 Å². The van der Waals surface area contributed by atoms with Gasteiger partial charge in [-0.1, -0.05) is 36.3 Å². The number of hydrogen-bond donors (Lipinski definition) is 0. The molecule has 0 fully saturated rings. The number of halogens is 1. The van der Waals surface area contributed by atoms with Crippen molar-refractivity contribution in [3.05, 3.63) is 35.9 Å². The zero-order chi connectivity index (χ0) is 8.32. The molecule has 0 aliphatic carbocycles. The lowest BCUT2D eigenvalue weighted by molar-refractivity contribution is 0.278. The molecule has 1 rings (SSSR count). The monoisotopic (exact) mass is 148 g/mol. The van der Waals surface area contributed by atoms with Crippen molar-refractivity contribution < 1.29 is 4.39 Å². The van der Waals surface area contributed by atoms with Gasteiger partial charge in [-0.25, -0.2) is 4.39 Å². The van der Waals surface area contributed by atoms with E-state index in [1.165, 1.54) is 6.92 Å². The van der Waals surface area contributed by atoms with Gasteiger partial charge in [0.1, 0.15) is 0 Å². The highest BCUT2D eigenvalue weighted by Crippen LogP contribution is 2.23. The Bertz CT molecular complexity index is 267. The van der Waals surface area contributed by atoms with E-state index in [9.17, 15) is 4.39 Å². The molecule has 0 N–H and O–H groups in total. The molecule has 0 aliphatic heterocycles. The van der Waals surface area contributed by atoms with Gasteiger partial charge in [-0.05, 0) is 6.92 Å². The van der Waals surface area contributed by atoms with Gasteiger partial charge in [0.2, 0.25) is 0 Å². The van der Waals surface area contributed by atoms with Crippen molar-refractivity contribution in [3.8, 4) is 12.3 Å². The third-order valence-corrected chi connectivity index (χ3v) is 1.59. The lowest BCUT2D eigenvalue weighted by Gasteiger charge is -2.12. The minimum absolute atomic E-state index is 0.530. The Morgan fingerprint density at radius 3 is 2.36 bits per heavy atom. The second-order valence-corrected chi connectivity index (χ2v) is 2.51. The van der Waals surface area contributed by atoms with Gasteiger partial charge in [0.25, 0.3) is 0 Å². The van der Waals surface area contributed by atoms with E-state index < -0.39 is 5.67 Å². The van der Waals surface area contributed by atoms with E-state index in [1.807, 2.05) is 6.07 Å². The summed E-state index contributed by atoms with van der Waals surface area (Å²) in [5, 5.41) is 0. The van der Waals surface area contributed by atoms with Crippen LogP contribution in [0.3, 0.4) is 0 Å². The molecule has 0 saturated carbocycles. The molecule has 0 aliphatic rings. The predicted octanol–water partition coefficient (Wildman–Crippen LogP) is 2.50. The molecule has 0 bridgehead atoms. The first-order valence-corrected chi connectivity index (χ1v) is 3.39. The van der Waals surface area contributed by atoms with Gasteiger partial charge in [-0.3, -0.25) is 0 Å². The van der Waals surface area contributed by atoms with E-state index >= 15 is 0 Å². The predicted molar refractivity (Wildman–Crippen MR) is 43.7 cm³/mol. The minimum Gasteiger partial charge on any atom is -0.225 e. The molecule has 1 unspecified atom stereocenters. The summed E-state index contributed by atoms with van der Waals surface area (Å²) in [7, 11) is 0. The number of terminal acetylenes is 1. The van der Waals surface area contributed by atoms with Crippen LogP contribution in [0, 0.1) is 12.3 Å². The summed E-state index contributed by atoms with van der Waals surface area (Å²) < 4.78 is 13.3. The van der Waals surface area contributed by atoms with E-state index in [1.54, 1.807) is 24.3 Å². The molecule has 11 heavy (non-hydrogen) atoms. The second kappa shape index (κ2) is 2.75. The number of rotatable bonds is 1. The Morgan fingerprint density at radius 2 is 1.91 bits per heavy atom. The van der Waals surface area contributed by atoms with Gasteiger partial charge in [-0.15, -0.1) is 6.42 Å². The maximum Gasteiger partial charge on any atom is 0.192 e.